The van der Waals surface area contributed by atoms with E-state index in [1.807, 2.05) is 28.4 Å². The second-order valence-electron chi connectivity index (χ2n) is 4.91. The lowest BCUT2D eigenvalue weighted by molar-refractivity contribution is 0.735. The summed E-state index contributed by atoms with van der Waals surface area (Å²) in [7, 11) is 1.91. The van der Waals surface area contributed by atoms with Gasteiger partial charge in [-0.2, -0.15) is 5.10 Å². The monoisotopic (exact) mass is 340 g/mol. The Balaban J connectivity index is 2.32. The van der Waals surface area contributed by atoms with Crippen LogP contribution in [0.15, 0.2) is 18.2 Å². The second kappa shape index (κ2) is 5.48. The van der Waals surface area contributed by atoms with Gasteiger partial charge in [-0.3, -0.25) is 4.57 Å². The molecule has 0 saturated heterocycles. The molecule has 0 aliphatic carbocycles. The Morgan fingerprint density at radius 3 is 2.52 bits per heavy atom. The van der Waals surface area contributed by atoms with Gasteiger partial charge in [0.1, 0.15) is 5.52 Å². The number of aryl methyl sites for hydroxylation is 2. The van der Waals surface area contributed by atoms with Crippen molar-refractivity contribution in [2.75, 3.05) is 0 Å². The molecule has 2 heterocycles. The van der Waals surface area contributed by atoms with Crippen molar-refractivity contribution in [2.24, 2.45) is 7.05 Å². The highest BCUT2D eigenvalue weighted by Crippen LogP contribution is 2.27. The summed E-state index contributed by atoms with van der Waals surface area (Å²) in [6, 6.07) is 5.37. The van der Waals surface area contributed by atoms with E-state index >= 15 is 0 Å². The number of hydrogen-bond acceptors (Lipinski definition) is 2. The summed E-state index contributed by atoms with van der Waals surface area (Å²) in [4.78, 5) is 3.25. The summed E-state index contributed by atoms with van der Waals surface area (Å²) < 4.78 is 4.35. The number of nitrogens with one attached hydrogen (secondary N) is 1. The van der Waals surface area contributed by atoms with Gasteiger partial charge in [0.05, 0.1) is 11.4 Å². The lowest BCUT2D eigenvalue weighted by Gasteiger charge is -2.06. The van der Waals surface area contributed by atoms with Crippen molar-refractivity contribution < 1.29 is 0 Å². The number of aromatic amines is 1. The summed E-state index contributed by atoms with van der Waals surface area (Å²) >= 11 is 17.7. The Morgan fingerprint density at radius 2 is 1.90 bits per heavy atom. The number of halogens is 2. The third-order valence-corrected chi connectivity index (χ3v) is 4.05. The first-order chi connectivity index (χ1) is 10.0. The Morgan fingerprint density at radius 1 is 1.24 bits per heavy atom. The van der Waals surface area contributed by atoms with E-state index in [0.717, 1.165) is 35.4 Å². The molecule has 0 unspecified atom stereocenters. The predicted octanol–water partition coefficient (Wildman–Crippen LogP) is 4.68. The van der Waals surface area contributed by atoms with E-state index in [9.17, 15) is 0 Å². The van der Waals surface area contributed by atoms with E-state index < -0.39 is 0 Å². The molecule has 1 aromatic carbocycles. The van der Waals surface area contributed by atoms with Gasteiger partial charge in [-0.15, -0.1) is 0 Å². The quantitative estimate of drug-likeness (QED) is 0.703. The number of aromatic nitrogens is 4. The van der Waals surface area contributed by atoms with Crippen LogP contribution in [0.5, 0.6) is 0 Å². The summed E-state index contributed by atoms with van der Waals surface area (Å²) in [6.07, 6.45) is 1.93. The van der Waals surface area contributed by atoms with Crippen molar-refractivity contribution in [3.63, 3.8) is 0 Å². The lowest BCUT2D eigenvalue weighted by atomic mass is 10.2. The van der Waals surface area contributed by atoms with Crippen LogP contribution in [0.25, 0.3) is 16.9 Å². The topological polar surface area (TPSA) is 38.5 Å². The molecule has 0 amide bonds. The Bertz CT molecular complexity index is 855. The zero-order chi connectivity index (χ0) is 15.1. The first-order valence-corrected chi connectivity index (χ1v) is 7.80. The van der Waals surface area contributed by atoms with Gasteiger partial charge in [0.25, 0.3) is 0 Å². The first kappa shape index (κ1) is 14.6. The minimum atomic E-state index is 0.574. The average Bonchev–Trinajstić information content (AvgIpc) is 2.87. The number of rotatable bonds is 3. The zero-order valence-corrected chi connectivity index (χ0v) is 14.0. The highest BCUT2D eigenvalue weighted by Gasteiger charge is 2.16. The molecule has 0 aliphatic rings. The van der Waals surface area contributed by atoms with Crippen molar-refractivity contribution in [1.29, 1.82) is 0 Å². The van der Waals surface area contributed by atoms with Crippen LogP contribution < -0.4 is 0 Å². The van der Waals surface area contributed by atoms with Gasteiger partial charge in [0.2, 0.25) is 0 Å². The molecule has 0 saturated carbocycles. The third kappa shape index (κ3) is 2.50. The molecule has 0 bridgehead atoms. The van der Waals surface area contributed by atoms with Gasteiger partial charge in [0.15, 0.2) is 10.4 Å². The van der Waals surface area contributed by atoms with Crippen LogP contribution in [0.3, 0.4) is 0 Å². The van der Waals surface area contributed by atoms with Crippen LogP contribution in [0.2, 0.25) is 10.0 Å². The smallest absolute Gasteiger partial charge is 0.184 e. The van der Waals surface area contributed by atoms with Crippen LogP contribution in [0.1, 0.15) is 19.0 Å². The number of H-pyrrole nitrogens is 1. The fourth-order valence-corrected chi connectivity index (χ4v) is 3.34. The van der Waals surface area contributed by atoms with Crippen LogP contribution >= 0.6 is 35.4 Å². The van der Waals surface area contributed by atoms with Crippen LogP contribution in [-0.2, 0) is 13.5 Å². The number of imidazole rings is 1. The Hall–Kier alpha value is -1.30. The fraction of sp³-hybridized carbons (Fsp3) is 0.286. The van der Waals surface area contributed by atoms with Gasteiger partial charge < -0.3 is 4.98 Å². The molecule has 4 nitrogen and oxygen atoms in total. The number of benzene rings is 1. The minimum absolute atomic E-state index is 0.574. The molecule has 7 heteroatoms. The SMILES string of the molecule is CCCc1nn(C)c2c1[nH]c(=S)n2-c1cc(Cl)cc(Cl)c1. The third-order valence-electron chi connectivity index (χ3n) is 3.33. The lowest BCUT2D eigenvalue weighted by Crippen LogP contribution is -2.01. The maximum absolute atomic E-state index is 6.10. The highest BCUT2D eigenvalue weighted by molar-refractivity contribution is 7.71. The molecule has 0 radical (unpaired) electrons. The maximum atomic E-state index is 6.10. The first-order valence-electron chi connectivity index (χ1n) is 6.64. The van der Waals surface area contributed by atoms with E-state index in [1.165, 1.54) is 0 Å². The minimum Gasteiger partial charge on any atom is -0.327 e. The summed E-state index contributed by atoms with van der Waals surface area (Å²) in [5, 5.41) is 5.71. The van der Waals surface area contributed by atoms with Gasteiger partial charge in [0, 0.05) is 17.1 Å². The zero-order valence-electron chi connectivity index (χ0n) is 11.7. The molecule has 21 heavy (non-hydrogen) atoms. The molecule has 3 aromatic rings. The molecule has 0 spiro atoms. The van der Waals surface area contributed by atoms with Gasteiger partial charge >= 0.3 is 0 Å². The van der Waals surface area contributed by atoms with E-state index in [2.05, 4.69) is 17.0 Å². The van der Waals surface area contributed by atoms with Crippen molar-refractivity contribution in [2.45, 2.75) is 19.8 Å². The summed E-state index contributed by atoms with van der Waals surface area (Å²) in [6.45, 7) is 2.13. The maximum Gasteiger partial charge on any atom is 0.184 e. The largest absolute Gasteiger partial charge is 0.327 e. The fourth-order valence-electron chi connectivity index (χ4n) is 2.53. The molecule has 0 fully saturated rings. The van der Waals surface area contributed by atoms with Gasteiger partial charge in [-0.25, -0.2) is 4.68 Å². The summed E-state index contributed by atoms with van der Waals surface area (Å²) in [5.41, 5.74) is 3.74. The van der Waals surface area contributed by atoms with Crippen molar-refractivity contribution in [3.8, 4) is 5.69 Å². The predicted molar refractivity (Wildman–Crippen MR) is 89.2 cm³/mol. The van der Waals surface area contributed by atoms with Crippen molar-refractivity contribution in [1.82, 2.24) is 19.3 Å². The number of fused-ring (bicyclic) bond motifs is 1. The van der Waals surface area contributed by atoms with Crippen LogP contribution in [0.4, 0.5) is 0 Å². The summed E-state index contributed by atoms with van der Waals surface area (Å²) in [5.74, 6) is 0. The molecule has 0 atom stereocenters. The van der Waals surface area contributed by atoms with Gasteiger partial charge in [-0.05, 0) is 36.8 Å². The average molecular weight is 341 g/mol. The van der Waals surface area contributed by atoms with E-state index in [4.69, 9.17) is 35.4 Å². The standard InChI is InChI=1S/C14H14Cl2N4S/c1-3-4-11-12-13(19(2)18-11)20(14(21)17-12)10-6-8(15)5-9(16)7-10/h5-7H,3-4H2,1-2H3,(H,17,21). The van der Waals surface area contributed by atoms with E-state index in [0.29, 0.717) is 14.8 Å². The highest BCUT2D eigenvalue weighted by atomic mass is 35.5. The van der Waals surface area contributed by atoms with Crippen LogP contribution in [-0.4, -0.2) is 19.3 Å². The molecular formula is C14H14Cl2N4S. The molecule has 1 N–H and O–H groups in total. The van der Waals surface area contributed by atoms with Crippen molar-refractivity contribution >= 4 is 46.6 Å². The second-order valence-corrected chi connectivity index (χ2v) is 6.17. The molecule has 2 aromatic heterocycles. The Kier molecular flexibility index (Phi) is 3.82. The molecule has 3 rings (SSSR count). The molecule has 0 aliphatic heterocycles. The van der Waals surface area contributed by atoms with E-state index in [-0.39, 0.29) is 0 Å². The normalized spacial score (nSPS) is 11.4. The van der Waals surface area contributed by atoms with Gasteiger partial charge in [-0.1, -0.05) is 36.5 Å². The molecule has 110 valence electrons. The van der Waals surface area contributed by atoms with Crippen molar-refractivity contribution in [3.05, 3.63) is 38.7 Å². The Labute approximate surface area is 137 Å². The van der Waals surface area contributed by atoms with E-state index in [1.54, 1.807) is 6.07 Å². The molecular weight excluding hydrogens is 327 g/mol. The number of nitrogens with zero attached hydrogens (tertiary/aromatic N) is 3. The number of hydrogen-bond donors (Lipinski definition) is 1. The van der Waals surface area contributed by atoms with Crippen LogP contribution in [0, 0.1) is 4.77 Å².